The molecule has 0 radical (unpaired) electrons. The third-order valence-electron chi connectivity index (χ3n) is 4.09. The van der Waals surface area contributed by atoms with Crippen LogP contribution in [0.25, 0.3) is 0 Å². The molecule has 0 spiro atoms. The molecule has 1 aliphatic rings. The van der Waals surface area contributed by atoms with Crippen LogP contribution >= 0.6 is 0 Å². The largest absolute Gasteiger partial charge is 0.459 e. The fourth-order valence-electron chi connectivity index (χ4n) is 2.93. The predicted octanol–water partition coefficient (Wildman–Crippen LogP) is 1.68. The second-order valence-corrected chi connectivity index (χ2v) is 6.16. The van der Waals surface area contributed by atoms with Gasteiger partial charge in [-0.3, -0.25) is 20.4 Å². The molecule has 1 saturated heterocycles. The van der Waals surface area contributed by atoms with E-state index < -0.39 is 0 Å². The van der Waals surface area contributed by atoms with Gasteiger partial charge in [-0.1, -0.05) is 0 Å². The maximum absolute atomic E-state index is 12.4. The minimum absolute atomic E-state index is 0.181. The van der Waals surface area contributed by atoms with Gasteiger partial charge in [-0.2, -0.15) is 0 Å². The van der Waals surface area contributed by atoms with Gasteiger partial charge in [-0.25, -0.2) is 9.97 Å². The number of aryl methyl sites for hydroxylation is 2. The van der Waals surface area contributed by atoms with Crippen LogP contribution in [0, 0.1) is 19.8 Å². The number of aromatic nitrogens is 2. The second-order valence-electron chi connectivity index (χ2n) is 6.16. The van der Waals surface area contributed by atoms with Gasteiger partial charge in [0, 0.05) is 24.5 Å². The second kappa shape index (κ2) is 7.33. The van der Waals surface area contributed by atoms with Crippen molar-refractivity contribution < 1.29 is 14.0 Å². The summed E-state index contributed by atoms with van der Waals surface area (Å²) in [4.78, 5) is 34.8. The molecule has 8 nitrogen and oxygen atoms in total. The number of carbonyl (C=O) groups excluding carboxylic acids is 2. The Balaban J connectivity index is 1.57. The number of hydrogen-bond acceptors (Lipinski definition) is 6. The zero-order valence-electron chi connectivity index (χ0n) is 14.3. The van der Waals surface area contributed by atoms with E-state index in [2.05, 4.69) is 20.8 Å². The summed E-state index contributed by atoms with van der Waals surface area (Å²) in [6.45, 7) is 4.71. The number of anilines is 1. The van der Waals surface area contributed by atoms with Crippen LogP contribution < -0.4 is 10.9 Å². The minimum atomic E-state index is -0.286. The van der Waals surface area contributed by atoms with Gasteiger partial charge >= 0.3 is 0 Å². The summed E-state index contributed by atoms with van der Waals surface area (Å²) in [6, 6.07) is 5.16. The summed E-state index contributed by atoms with van der Waals surface area (Å²) in [5.41, 5.74) is 7.03. The highest BCUT2D eigenvalue weighted by Gasteiger charge is 2.29. The van der Waals surface area contributed by atoms with Crippen molar-refractivity contribution >= 4 is 17.8 Å². The number of piperidine rings is 1. The monoisotopic (exact) mass is 343 g/mol. The van der Waals surface area contributed by atoms with Gasteiger partial charge in [-0.15, -0.1) is 0 Å². The lowest BCUT2D eigenvalue weighted by atomic mass is 9.97. The number of hydrogen-bond donors (Lipinski definition) is 2. The summed E-state index contributed by atoms with van der Waals surface area (Å²) < 4.78 is 5.15. The van der Waals surface area contributed by atoms with Crippen LogP contribution in [0.3, 0.4) is 0 Å². The van der Waals surface area contributed by atoms with Crippen molar-refractivity contribution in [2.24, 2.45) is 5.92 Å². The van der Waals surface area contributed by atoms with E-state index in [1.54, 1.807) is 17.0 Å². The van der Waals surface area contributed by atoms with Crippen molar-refractivity contribution in [2.45, 2.75) is 26.7 Å². The van der Waals surface area contributed by atoms with Gasteiger partial charge in [0.2, 0.25) is 11.9 Å². The van der Waals surface area contributed by atoms with Crippen LogP contribution in [0.4, 0.5) is 5.95 Å². The van der Waals surface area contributed by atoms with E-state index in [4.69, 9.17) is 4.42 Å². The molecule has 0 bridgehead atoms. The Bertz CT molecular complexity index is 739. The molecule has 0 saturated carbocycles. The minimum Gasteiger partial charge on any atom is -0.459 e. The standard InChI is InChI=1S/C17H21N5O3/c1-11-9-12(2)19-17(18-11)21-20-15(23)13-5-3-7-22(10-13)16(24)14-6-4-8-25-14/h4,6,8-9,13H,3,5,7,10H2,1-2H3,(H,20,23)(H,18,19,21)/t13-/m0/s1. The summed E-state index contributed by atoms with van der Waals surface area (Å²) in [5.74, 6) is -0.00753. The summed E-state index contributed by atoms with van der Waals surface area (Å²) in [7, 11) is 0. The molecule has 25 heavy (non-hydrogen) atoms. The van der Waals surface area contributed by atoms with E-state index in [1.807, 2.05) is 19.9 Å². The van der Waals surface area contributed by atoms with Gasteiger partial charge in [0.25, 0.3) is 5.91 Å². The molecule has 3 rings (SSSR count). The molecule has 132 valence electrons. The molecule has 0 aromatic carbocycles. The summed E-state index contributed by atoms with van der Waals surface area (Å²) in [5, 5.41) is 0. The van der Waals surface area contributed by atoms with Gasteiger partial charge in [0.05, 0.1) is 12.2 Å². The topological polar surface area (TPSA) is 100 Å². The van der Waals surface area contributed by atoms with E-state index in [9.17, 15) is 9.59 Å². The lowest BCUT2D eigenvalue weighted by Gasteiger charge is -2.31. The van der Waals surface area contributed by atoms with Crippen LogP contribution in [0.15, 0.2) is 28.9 Å². The molecule has 1 atom stereocenters. The first-order valence-electron chi connectivity index (χ1n) is 8.24. The van der Waals surface area contributed by atoms with Crippen LogP contribution in [-0.4, -0.2) is 39.8 Å². The molecule has 0 unspecified atom stereocenters. The molecule has 2 aromatic rings. The third kappa shape index (κ3) is 4.14. The quantitative estimate of drug-likeness (QED) is 0.819. The SMILES string of the molecule is Cc1cc(C)nc(NNC(=O)[C@H]2CCCN(C(=O)c3ccco3)C2)n1. The molecule has 2 amide bonds. The first kappa shape index (κ1) is 16.9. The molecule has 1 aliphatic heterocycles. The van der Waals surface area contributed by atoms with E-state index in [0.717, 1.165) is 24.2 Å². The molecule has 0 aliphatic carbocycles. The van der Waals surface area contributed by atoms with Crippen LogP contribution in [0.5, 0.6) is 0 Å². The van der Waals surface area contributed by atoms with E-state index in [0.29, 0.717) is 24.8 Å². The normalized spacial score (nSPS) is 17.2. The lowest BCUT2D eigenvalue weighted by molar-refractivity contribution is -0.125. The average Bonchev–Trinajstić information content (AvgIpc) is 3.13. The Morgan fingerprint density at radius 2 is 2.04 bits per heavy atom. The van der Waals surface area contributed by atoms with E-state index in [-0.39, 0.29) is 17.7 Å². The molecule has 2 N–H and O–H groups in total. The van der Waals surface area contributed by atoms with Crippen LogP contribution in [0.2, 0.25) is 0 Å². The molecular weight excluding hydrogens is 322 g/mol. The van der Waals surface area contributed by atoms with Gasteiger partial charge < -0.3 is 9.32 Å². The van der Waals surface area contributed by atoms with Gasteiger partial charge in [0.1, 0.15) is 0 Å². The number of rotatable bonds is 4. The zero-order chi connectivity index (χ0) is 17.8. The first-order chi connectivity index (χ1) is 12.0. The fourth-order valence-corrected chi connectivity index (χ4v) is 2.93. The Morgan fingerprint density at radius 3 is 2.72 bits per heavy atom. The number of likely N-dealkylation sites (tertiary alicyclic amines) is 1. The number of carbonyl (C=O) groups is 2. The lowest BCUT2D eigenvalue weighted by Crippen LogP contribution is -2.46. The highest BCUT2D eigenvalue weighted by Crippen LogP contribution is 2.19. The Hall–Kier alpha value is -2.90. The number of amides is 2. The number of nitrogens with zero attached hydrogens (tertiary/aromatic N) is 3. The zero-order valence-corrected chi connectivity index (χ0v) is 14.3. The van der Waals surface area contributed by atoms with Crippen molar-refractivity contribution in [1.29, 1.82) is 0 Å². The van der Waals surface area contributed by atoms with Crippen LogP contribution in [-0.2, 0) is 4.79 Å². The van der Waals surface area contributed by atoms with Gasteiger partial charge in [-0.05, 0) is 44.9 Å². The predicted molar refractivity (Wildman–Crippen MR) is 90.6 cm³/mol. The van der Waals surface area contributed by atoms with E-state index in [1.165, 1.54) is 6.26 Å². The first-order valence-corrected chi connectivity index (χ1v) is 8.24. The maximum atomic E-state index is 12.4. The number of nitrogens with one attached hydrogen (secondary N) is 2. The van der Waals surface area contributed by atoms with Crippen LogP contribution in [0.1, 0.15) is 34.8 Å². The summed E-state index contributed by atoms with van der Waals surface area (Å²) in [6.07, 6.45) is 2.96. The van der Waals surface area contributed by atoms with Gasteiger partial charge in [0.15, 0.2) is 5.76 Å². The molecule has 2 aromatic heterocycles. The third-order valence-corrected chi connectivity index (χ3v) is 4.09. The highest BCUT2D eigenvalue weighted by molar-refractivity contribution is 5.92. The van der Waals surface area contributed by atoms with Crippen molar-refractivity contribution in [3.63, 3.8) is 0 Å². The summed E-state index contributed by atoms with van der Waals surface area (Å²) >= 11 is 0. The highest BCUT2D eigenvalue weighted by atomic mass is 16.3. The Labute approximate surface area is 145 Å². The Kier molecular flexibility index (Phi) is 4.97. The molecule has 1 fully saturated rings. The Morgan fingerprint density at radius 1 is 1.28 bits per heavy atom. The van der Waals surface area contributed by atoms with Crippen molar-refractivity contribution in [3.8, 4) is 0 Å². The smallest absolute Gasteiger partial charge is 0.289 e. The van der Waals surface area contributed by atoms with Crippen molar-refractivity contribution in [1.82, 2.24) is 20.3 Å². The van der Waals surface area contributed by atoms with Crippen molar-refractivity contribution in [3.05, 3.63) is 41.6 Å². The fraction of sp³-hybridized carbons (Fsp3) is 0.412. The average molecular weight is 343 g/mol. The number of furan rings is 1. The van der Waals surface area contributed by atoms with Crippen molar-refractivity contribution in [2.75, 3.05) is 18.5 Å². The molecular formula is C17H21N5O3. The molecule has 3 heterocycles. The number of hydrazine groups is 1. The molecule has 8 heteroatoms. The van der Waals surface area contributed by atoms with E-state index >= 15 is 0 Å². The maximum Gasteiger partial charge on any atom is 0.289 e.